The minimum absolute atomic E-state index is 0.736. The summed E-state index contributed by atoms with van der Waals surface area (Å²) in [6.07, 6.45) is 7.39. The molecule has 0 aliphatic carbocycles. The normalized spacial score (nSPS) is 20.8. The number of hydrogen-bond donors (Lipinski definition) is 0. The maximum absolute atomic E-state index is 5.26. The van der Waals surface area contributed by atoms with E-state index in [9.17, 15) is 0 Å². The molecule has 0 bridgehead atoms. The van der Waals surface area contributed by atoms with Gasteiger partial charge in [-0.3, -0.25) is 0 Å². The number of rotatable bonds is 4. The summed E-state index contributed by atoms with van der Waals surface area (Å²) in [6.45, 7) is 7.69. The third kappa shape index (κ3) is 2.82. The summed E-state index contributed by atoms with van der Waals surface area (Å²) in [5.74, 6) is 0. The van der Waals surface area contributed by atoms with Crippen molar-refractivity contribution in [1.29, 1.82) is 0 Å². The van der Waals surface area contributed by atoms with Crippen LogP contribution in [0.4, 0.5) is 0 Å². The highest BCUT2D eigenvalue weighted by Crippen LogP contribution is 2.17. The lowest BCUT2D eigenvalue weighted by Crippen LogP contribution is -1.83. The van der Waals surface area contributed by atoms with Crippen LogP contribution in [0.25, 0.3) is 0 Å². The molecule has 12 heavy (non-hydrogen) atoms. The van der Waals surface area contributed by atoms with Crippen molar-refractivity contribution in [2.24, 2.45) is 0 Å². The maximum Gasteiger partial charge on any atom is 0.0721 e. The van der Waals surface area contributed by atoms with Crippen molar-refractivity contribution >= 4 is 0 Å². The average molecular weight is 166 g/mol. The Labute approximate surface area is 75.1 Å². The van der Waals surface area contributed by atoms with E-state index in [4.69, 9.17) is 4.74 Å². The van der Waals surface area contributed by atoms with Gasteiger partial charge in [0.1, 0.15) is 0 Å². The standard InChI is InChI=1S/C11H18O/c1-3-4-5-6-7-11-9-12-8-10(11)2/h7H,2-6,8-9H2,1H3/b11-7-. The van der Waals surface area contributed by atoms with Gasteiger partial charge in [0.15, 0.2) is 0 Å². The first-order valence-electron chi connectivity index (χ1n) is 4.79. The van der Waals surface area contributed by atoms with Gasteiger partial charge >= 0.3 is 0 Å². The lowest BCUT2D eigenvalue weighted by atomic mass is 10.1. The fourth-order valence-electron chi connectivity index (χ4n) is 1.35. The summed E-state index contributed by atoms with van der Waals surface area (Å²) < 4.78 is 5.26. The van der Waals surface area contributed by atoms with Crippen molar-refractivity contribution in [2.75, 3.05) is 13.2 Å². The number of allylic oxidation sites excluding steroid dienone is 1. The Balaban J connectivity index is 2.22. The smallest absolute Gasteiger partial charge is 0.0721 e. The van der Waals surface area contributed by atoms with Crippen molar-refractivity contribution < 1.29 is 4.74 Å². The summed E-state index contributed by atoms with van der Waals surface area (Å²) in [6, 6.07) is 0. The van der Waals surface area contributed by atoms with Gasteiger partial charge in [-0.25, -0.2) is 0 Å². The van der Waals surface area contributed by atoms with Crippen LogP contribution in [0.1, 0.15) is 32.6 Å². The first-order chi connectivity index (χ1) is 5.84. The molecule has 0 aromatic carbocycles. The topological polar surface area (TPSA) is 9.23 Å². The number of unbranched alkanes of at least 4 members (excludes halogenated alkanes) is 3. The van der Waals surface area contributed by atoms with Gasteiger partial charge in [-0.2, -0.15) is 0 Å². The van der Waals surface area contributed by atoms with Gasteiger partial charge < -0.3 is 4.74 Å². The molecule has 1 fully saturated rings. The molecule has 1 rings (SSSR count). The molecule has 1 heterocycles. The zero-order valence-corrected chi connectivity index (χ0v) is 7.94. The second-order valence-electron chi connectivity index (χ2n) is 3.32. The van der Waals surface area contributed by atoms with Crippen LogP contribution in [0.5, 0.6) is 0 Å². The predicted octanol–water partition coefficient (Wildman–Crippen LogP) is 3.08. The molecule has 0 amide bonds. The molecule has 0 spiro atoms. The van der Waals surface area contributed by atoms with Crippen LogP contribution in [-0.4, -0.2) is 13.2 Å². The Kier molecular flexibility index (Phi) is 4.09. The van der Waals surface area contributed by atoms with Crippen molar-refractivity contribution in [1.82, 2.24) is 0 Å². The van der Waals surface area contributed by atoms with E-state index in [1.807, 2.05) is 0 Å². The van der Waals surface area contributed by atoms with Gasteiger partial charge in [0, 0.05) is 0 Å². The van der Waals surface area contributed by atoms with E-state index in [0.29, 0.717) is 0 Å². The predicted molar refractivity (Wildman–Crippen MR) is 52.2 cm³/mol. The van der Waals surface area contributed by atoms with Gasteiger partial charge in [-0.05, 0) is 24.0 Å². The molecule has 0 aromatic heterocycles. The van der Waals surface area contributed by atoms with Crippen molar-refractivity contribution in [3.05, 3.63) is 23.8 Å². The lowest BCUT2D eigenvalue weighted by Gasteiger charge is -1.96. The highest BCUT2D eigenvalue weighted by molar-refractivity contribution is 5.32. The maximum atomic E-state index is 5.26. The largest absolute Gasteiger partial charge is 0.372 e. The van der Waals surface area contributed by atoms with E-state index in [1.54, 1.807) is 0 Å². The van der Waals surface area contributed by atoms with Gasteiger partial charge in [-0.1, -0.05) is 32.4 Å². The summed E-state index contributed by atoms with van der Waals surface area (Å²) in [5, 5.41) is 0. The van der Waals surface area contributed by atoms with Crippen molar-refractivity contribution in [3.8, 4) is 0 Å². The minimum atomic E-state index is 0.736. The molecule has 1 aliphatic rings. The van der Waals surface area contributed by atoms with E-state index in [2.05, 4.69) is 19.6 Å². The van der Waals surface area contributed by atoms with E-state index >= 15 is 0 Å². The molecular formula is C11H18O. The highest BCUT2D eigenvalue weighted by atomic mass is 16.5. The van der Waals surface area contributed by atoms with Crippen molar-refractivity contribution in [2.45, 2.75) is 32.6 Å². The molecule has 0 unspecified atom stereocenters. The van der Waals surface area contributed by atoms with Gasteiger partial charge in [0.05, 0.1) is 13.2 Å². The first kappa shape index (κ1) is 9.53. The number of hydrogen-bond acceptors (Lipinski definition) is 1. The quantitative estimate of drug-likeness (QED) is 0.583. The Hall–Kier alpha value is -0.560. The van der Waals surface area contributed by atoms with Crippen LogP contribution in [0, 0.1) is 0 Å². The van der Waals surface area contributed by atoms with Gasteiger partial charge in [-0.15, -0.1) is 0 Å². The average Bonchev–Trinajstić information content (AvgIpc) is 2.46. The molecule has 0 aromatic rings. The number of ether oxygens (including phenoxy) is 1. The zero-order valence-electron chi connectivity index (χ0n) is 7.94. The molecule has 0 radical (unpaired) electrons. The van der Waals surface area contributed by atoms with E-state index < -0.39 is 0 Å². The molecule has 1 saturated heterocycles. The summed E-state index contributed by atoms with van der Waals surface area (Å²) in [7, 11) is 0. The van der Waals surface area contributed by atoms with E-state index in [0.717, 1.165) is 13.2 Å². The Bertz CT molecular complexity index is 179. The molecule has 0 saturated carbocycles. The molecule has 68 valence electrons. The SMILES string of the molecule is C=C1COC/C1=C/CCCCC. The third-order valence-electron chi connectivity index (χ3n) is 2.19. The van der Waals surface area contributed by atoms with Crippen LogP contribution < -0.4 is 0 Å². The lowest BCUT2D eigenvalue weighted by molar-refractivity contribution is 0.215. The molecule has 0 atom stereocenters. The summed E-state index contributed by atoms with van der Waals surface area (Å²) in [4.78, 5) is 0. The Morgan fingerprint density at radius 1 is 1.42 bits per heavy atom. The van der Waals surface area contributed by atoms with E-state index in [-0.39, 0.29) is 0 Å². The Morgan fingerprint density at radius 2 is 2.25 bits per heavy atom. The zero-order chi connectivity index (χ0) is 8.81. The van der Waals surface area contributed by atoms with Gasteiger partial charge in [0.2, 0.25) is 0 Å². The second-order valence-corrected chi connectivity index (χ2v) is 3.32. The molecule has 1 aliphatic heterocycles. The van der Waals surface area contributed by atoms with Crippen LogP contribution in [0.2, 0.25) is 0 Å². The first-order valence-corrected chi connectivity index (χ1v) is 4.79. The molecule has 0 N–H and O–H groups in total. The minimum Gasteiger partial charge on any atom is -0.372 e. The van der Waals surface area contributed by atoms with E-state index in [1.165, 1.54) is 36.8 Å². The van der Waals surface area contributed by atoms with Crippen LogP contribution in [0.15, 0.2) is 23.8 Å². The van der Waals surface area contributed by atoms with Crippen molar-refractivity contribution in [3.63, 3.8) is 0 Å². The van der Waals surface area contributed by atoms with Crippen LogP contribution in [-0.2, 0) is 4.74 Å². The highest BCUT2D eigenvalue weighted by Gasteiger charge is 2.10. The summed E-state index contributed by atoms with van der Waals surface area (Å²) in [5.41, 5.74) is 2.50. The molecule has 1 heteroatoms. The van der Waals surface area contributed by atoms with Gasteiger partial charge in [0.25, 0.3) is 0 Å². The third-order valence-corrected chi connectivity index (χ3v) is 2.19. The molecular weight excluding hydrogens is 148 g/mol. The summed E-state index contributed by atoms with van der Waals surface area (Å²) >= 11 is 0. The fourth-order valence-corrected chi connectivity index (χ4v) is 1.35. The van der Waals surface area contributed by atoms with Crippen LogP contribution >= 0.6 is 0 Å². The molecule has 1 nitrogen and oxygen atoms in total. The second kappa shape index (κ2) is 5.15. The van der Waals surface area contributed by atoms with Crippen LogP contribution in [0.3, 0.4) is 0 Å². The monoisotopic (exact) mass is 166 g/mol. The Morgan fingerprint density at radius 3 is 2.83 bits per heavy atom. The fraction of sp³-hybridized carbons (Fsp3) is 0.636.